The summed E-state index contributed by atoms with van der Waals surface area (Å²) in [7, 11) is -3.28. The van der Waals surface area contributed by atoms with Gasteiger partial charge < -0.3 is 15.2 Å². The van der Waals surface area contributed by atoms with Gasteiger partial charge in [0.2, 0.25) is 0 Å². The number of fused-ring (bicyclic) bond motifs is 1. The van der Waals surface area contributed by atoms with Gasteiger partial charge >= 0.3 is 11.7 Å². The SMILES string of the molecule is [2H]C([2H])([2H])[C@@](CO)(Nc1c([N+](=O)[O-])cnc2c1ccn2S(=O)(=O)c1ccccc1)C(=O)OC. The number of carbonyl (C=O) groups is 1. The summed E-state index contributed by atoms with van der Waals surface area (Å²) in [6, 6.07) is 8.48. The maximum atomic E-state index is 13.1. The average Bonchev–Trinajstić information content (AvgIpc) is 3.21. The number of anilines is 1. The van der Waals surface area contributed by atoms with Crippen molar-refractivity contribution in [2.75, 3.05) is 19.0 Å². The first-order valence-corrected chi connectivity index (χ1v) is 9.77. The van der Waals surface area contributed by atoms with Crippen molar-refractivity contribution >= 4 is 38.4 Å². The molecule has 2 heterocycles. The Hall–Kier alpha value is -3.51. The summed E-state index contributed by atoms with van der Waals surface area (Å²) in [5, 5.41) is 23.6. The van der Waals surface area contributed by atoms with Crippen molar-refractivity contribution in [2.24, 2.45) is 0 Å². The number of aromatic nitrogens is 2. The third kappa shape index (κ3) is 3.46. The maximum Gasteiger partial charge on any atom is 0.333 e. The molecule has 12 heteroatoms. The first kappa shape index (κ1) is 17.4. The number of esters is 1. The molecule has 2 aromatic heterocycles. The molecular formula is C18H18N4O7S. The molecule has 11 nitrogen and oxygen atoms in total. The second-order valence-electron chi connectivity index (χ2n) is 6.12. The monoisotopic (exact) mass is 437 g/mol. The van der Waals surface area contributed by atoms with Gasteiger partial charge in [-0.25, -0.2) is 22.2 Å². The van der Waals surface area contributed by atoms with Crippen LogP contribution in [0.15, 0.2) is 53.7 Å². The van der Waals surface area contributed by atoms with Crippen molar-refractivity contribution in [1.29, 1.82) is 0 Å². The zero-order chi connectivity index (χ0) is 24.6. The lowest BCUT2D eigenvalue weighted by Gasteiger charge is -2.26. The highest BCUT2D eigenvalue weighted by atomic mass is 32.2. The number of hydrogen-bond acceptors (Lipinski definition) is 9. The van der Waals surface area contributed by atoms with Crippen molar-refractivity contribution in [3.8, 4) is 0 Å². The Morgan fingerprint density at radius 2 is 2.10 bits per heavy atom. The molecule has 0 amide bonds. The van der Waals surface area contributed by atoms with Gasteiger partial charge in [0.05, 0.1) is 28.9 Å². The first-order chi connectivity index (χ1) is 15.4. The molecule has 0 aliphatic heterocycles. The molecule has 1 atom stereocenters. The molecule has 0 aliphatic carbocycles. The second-order valence-corrected chi connectivity index (χ2v) is 7.94. The van der Waals surface area contributed by atoms with E-state index in [2.05, 4.69) is 15.0 Å². The lowest BCUT2D eigenvalue weighted by Crippen LogP contribution is -2.47. The van der Waals surface area contributed by atoms with Crippen LogP contribution in [-0.4, -0.2) is 52.6 Å². The average molecular weight is 437 g/mol. The number of aliphatic hydroxyl groups excluding tert-OH is 1. The van der Waals surface area contributed by atoms with Crippen molar-refractivity contribution < 1.29 is 32.1 Å². The Kier molecular flexibility index (Phi) is 4.47. The van der Waals surface area contributed by atoms with E-state index in [-0.39, 0.29) is 15.9 Å². The van der Waals surface area contributed by atoms with E-state index >= 15 is 0 Å². The molecule has 1 aromatic carbocycles. The molecule has 2 N–H and O–H groups in total. The fraction of sp³-hybridized carbons (Fsp3) is 0.222. The molecule has 0 fully saturated rings. The zero-order valence-electron chi connectivity index (χ0n) is 18.5. The summed E-state index contributed by atoms with van der Waals surface area (Å²) in [4.78, 5) is 26.9. The molecule has 158 valence electrons. The largest absolute Gasteiger partial charge is 0.467 e. The number of hydrogen-bond donors (Lipinski definition) is 2. The highest BCUT2D eigenvalue weighted by molar-refractivity contribution is 7.90. The Bertz CT molecular complexity index is 1330. The predicted molar refractivity (Wildman–Crippen MR) is 107 cm³/mol. The van der Waals surface area contributed by atoms with Crippen molar-refractivity contribution in [1.82, 2.24) is 8.96 Å². The van der Waals surface area contributed by atoms with Crippen molar-refractivity contribution in [3.05, 3.63) is 58.9 Å². The molecule has 0 bridgehead atoms. The van der Waals surface area contributed by atoms with Crippen LogP contribution in [0.4, 0.5) is 11.4 Å². The highest BCUT2D eigenvalue weighted by Gasteiger charge is 2.37. The fourth-order valence-electron chi connectivity index (χ4n) is 2.76. The summed E-state index contributed by atoms with van der Waals surface area (Å²) >= 11 is 0. The lowest BCUT2D eigenvalue weighted by atomic mass is 10.0. The number of nitro groups is 1. The van der Waals surface area contributed by atoms with Crippen molar-refractivity contribution in [2.45, 2.75) is 17.3 Å². The normalized spacial score (nSPS) is 15.5. The molecule has 0 spiro atoms. The molecule has 0 saturated heterocycles. The Morgan fingerprint density at radius 1 is 1.40 bits per heavy atom. The molecule has 0 saturated carbocycles. The van der Waals surface area contributed by atoms with Gasteiger partial charge in [-0.3, -0.25) is 10.1 Å². The van der Waals surface area contributed by atoms with E-state index in [1.54, 1.807) is 6.07 Å². The van der Waals surface area contributed by atoms with Crippen LogP contribution in [0.3, 0.4) is 0 Å². The maximum absolute atomic E-state index is 13.1. The minimum Gasteiger partial charge on any atom is -0.467 e. The van der Waals surface area contributed by atoms with E-state index < -0.39 is 51.3 Å². The van der Waals surface area contributed by atoms with Crippen LogP contribution < -0.4 is 5.32 Å². The third-order valence-electron chi connectivity index (χ3n) is 4.27. The van der Waals surface area contributed by atoms with Gasteiger partial charge in [-0.05, 0) is 25.1 Å². The number of methoxy groups -OCH3 is 1. The van der Waals surface area contributed by atoms with Gasteiger partial charge in [0.15, 0.2) is 11.2 Å². The van der Waals surface area contributed by atoms with Gasteiger partial charge in [0.1, 0.15) is 11.9 Å². The van der Waals surface area contributed by atoms with Gasteiger partial charge in [-0.15, -0.1) is 0 Å². The number of ether oxygens (including phenoxy) is 1. The first-order valence-electron chi connectivity index (χ1n) is 9.83. The topological polar surface area (TPSA) is 154 Å². The summed E-state index contributed by atoms with van der Waals surface area (Å²) in [6.07, 6.45) is 1.81. The van der Waals surface area contributed by atoms with E-state index in [1.807, 2.05) is 0 Å². The lowest BCUT2D eigenvalue weighted by molar-refractivity contribution is -0.384. The van der Waals surface area contributed by atoms with E-state index in [0.29, 0.717) is 0 Å². The molecule has 3 aromatic rings. The predicted octanol–water partition coefficient (Wildman–Crippen LogP) is 1.52. The van der Waals surface area contributed by atoms with Gasteiger partial charge in [-0.2, -0.15) is 0 Å². The quantitative estimate of drug-likeness (QED) is 0.318. The zero-order valence-corrected chi connectivity index (χ0v) is 16.3. The van der Waals surface area contributed by atoms with Crippen LogP contribution in [0, 0.1) is 10.1 Å². The van der Waals surface area contributed by atoms with E-state index in [0.717, 1.165) is 29.5 Å². The summed E-state index contributed by atoms with van der Waals surface area (Å²) < 4.78 is 54.6. The minimum absolute atomic E-state index is 0.0843. The van der Waals surface area contributed by atoms with Crippen LogP contribution in [0.1, 0.15) is 11.0 Å². The van der Waals surface area contributed by atoms with Crippen LogP contribution in [0.2, 0.25) is 0 Å². The standard InChI is InChI=1S/C18H18N4O7S/c1-18(11-23,17(24)29-2)20-15-13-8-9-21(16(13)19-10-14(15)22(25)26)30(27,28)12-6-4-3-5-7-12/h3-10,23H,11H2,1-2H3,(H,19,20)/t18-/m0/s1/i1D3. The van der Waals surface area contributed by atoms with Crippen molar-refractivity contribution in [3.63, 3.8) is 0 Å². The van der Waals surface area contributed by atoms with Crippen LogP contribution in [-0.2, 0) is 19.6 Å². The van der Waals surface area contributed by atoms with Gasteiger partial charge in [0, 0.05) is 10.3 Å². The van der Waals surface area contributed by atoms with E-state index in [9.17, 15) is 28.4 Å². The van der Waals surface area contributed by atoms with E-state index in [1.165, 1.54) is 24.3 Å². The van der Waals surface area contributed by atoms with Crippen LogP contribution in [0.5, 0.6) is 0 Å². The highest BCUT2D eigenvalue weighted by Crippen LogP contribution is 2.35. The van der Waals surface area contributed by atoms with Crippen LogP contribution >= 0.6 is 0 Å². The number of benzene rings is 1. The number of nitrogens with one attached hydrogen (secondary N) is 1. The summed E-state index contributed by atoms with van der Waals surface area (Å²) in [6.45, 7) is -4.52. The molecule has 0 aliphatic rings. The molecule has 30 heavy (non-hydrogen) atoms. The molecule has 0 unspecified atom stereocenters. The van der Waals surface area contributed by atoms with Gasteiger partial charge in [-0.1, -0.05) is 18.2 Å². The van der Waals surface area contributed by atoms with Crippen LogP contribution in [0.25, 0.3) is 11.0 Å². The van der Waals surface area contributed by atoms with E-state index in [4.69, 9.17) is 4.11 Å². The fourth-order valence-corrected chi connectivity index (χ4v) is 4.09. The third-order valence-corrected chi connectivity index (χ3v) is 5.95. The number of rotatable bonds is 7. The molecular weight excluding hydrogens is 416 g/mol. The Labute approximate surface area is 175 Å². The minimum atomic E-state index is -4.17. The number of carbonyl (C=O) groups excluding carboxylic acids is 1. The number of pyridine rings is 1. The second kappa shape index (κ2) is 7.72. The number of aliphatic hydroxyl groups is 1. The Morgan fingerprint density at radius 3 is 2.67 bits per heavy atom. The summed E-state index contributed by atoms with van der Waals surface area (Å²) in [5.74, 6) is -1.40. The van der Waals surface area contributed by atoms with Gasteiger partial charge in [0.25, 0.3) is 10.0 Å². The molecule has 3 rings (SSSR count). The summed E-state index contributed by atoms with van der Waals surface area (Å²) in [5.41, 5.74) is -4.32. The Balaban J connectivity index is 2.31. The smallest absolute Gasteiger partial charge is 0.333 e. The molecule has 0 radical (unpaired) electrons. The number of nitrogens with zero attached hydrogens (tertiary/aromatic N) is 3.